The molecule has 0 radical (unpaired) electrons. The van der Waals surface area contributed by atoms with Crippen molar-refractivity contribution in [2.75, 3.05) is 36.4 Å². The van der Waals surface area contributed by atoms with Crippen molar-refractivity contribution in [3.05, 3.63) is 58.0 Å². The number of halogens is 4. The number of benzene rings is 1. The third kappa shape index (κ3) is 4.54. The third-order valence-electron chi connectivity index (χ3n) is 7.28. The van der Waals surface area contributed by atoms with Crippen LogP contribution in [-0.4, -0.2) is 61.4 Å². The van der Waals surface area contributed by atoms with Crippen LogP contribution in [0, 0.1) is 11.7 Å². The van der Waals surface area contributed by atoms with Crippen LogP contribution in [0.3, 0.4) is 0 Å². The van der Waals surface area contributed by atoms with Crippen LogP contribution in [0.25, 0.3) is 0 Å². The van der Waals surface area contributed by atoms with Crippen LogP contribution in [-0.2, 0) is 0 Å². The van der Waals surface area contributed by atoms with E-state index >= 15 is 4.39 Å². The first-order valence-electron chi connectivity index (χ1n) is 11.9. The van der Waals surface area contributed by atoms with Crippen molar-refractivity contribution in [3.63, 3.8) is 0 Å². The molecule has 35 heavy (non-hydrogen) atoms. The number of hydrogen-bond acceptors (Lipinski definition) is 3. The van der Waals surface area contributed by atoms with Crippen molar-refractivity contribution >= 4 is 23.5 Å². The Morgan fingerprint density at radius 1 is 1.26 bits per heavy atom. The maximum atomic E-state index is 15.0. The minimum Gasteiger partial charge on any atom is -0.375 e. The van der Waals surface area contributed by atoms with E-state index in [2.05, 4.69) is 32.9 Å². The summed E-state index contributed by atoms with van der Waals surface area (Å²) in [6, 6.07) is 2.04. The topological polar surface area (TPSA) is 47.4 Å². The van der Waals surface area contributed by atoms with E-state index in [0.717, 1.165) is 32.4 Å². The average Bonchev–Trinajstić information content (AvgIpc) is 2.80. The quantitative estimate of drug-likeness (QED) is 0.345. The fourth-order valence-electron chi connectivity index (χ4n) is 5.07. The Kier molecular flexibility index (Phi) is 6.30. The molecule has 2 N–H and O–H groups in total. The van der Waals surface area contributed by atoms with Crippen LogP contribution in [0.1, 0.15) is 36.5 Å². The molecule has 184 valence electrons. The van der Waals surface area contributed by atoms with E-state index in [1.54, 1.807) is 0 Å². The minimum atomic E-state index is -3.04. The van der Waals surface area contributed by atoms with Crippen molar-refractivity contribution in [1.82, 2.24) is 5.32 Å². The standard InChI is InChI=1S/C26H26F4N4O/c1-15(17-4-2-5-18(24(17)28)25(29)30)31-26(35)19-12-23(34-8-3-9-34)20(27)13-21(19)32-22-14-33-10-6-16(22)7-11-33/h4,10,12-13,15-16,22,25H,3,6-9,11,14H2,1H3,(H-,31,32,35)/p+1/t15-,16?,22-/m1/s1. The van der Waals surface area contributed by atoms with E-state index < -0.39 is 35.6 Å². The van der Waals surface area contributed by atoms with Crippen LogP contribution in [0.5, 0.6) is 0 Å². The minimum absolute atomic E-state index is 0.0669. The van der Waals surface area contributed by atoms with E-state index in [1.807, 2.05) is 4.90 Å². The predicted octanol–water partition coefficient (Wildman–Crippen LogP) is 4.18. The molecule has 2 fully saturated rings. The first-order chi connectivity index (χ1) is 16.8. The van der Waals surface area contributed by atoms with Crippen molar-refractivity contribution in [2.24, 2.45) is 5.92 Å². The molecule has 0 saturated carbocycles. The van der Waals surface area contributed by atoms with E-state index in [0.29, 0.717) is 30.4 Å². The van der Waals surface area contributed by atoms with E-state index in [9.17, 15) is 18.0 Å². The van der Waals surface area contributed by atoms with Crippen LogP contribution in [0.2, 0.25) is 0 Å². The number of carbonyl (C=O) groups excluding carboxylic acids is 1. The Labute approximate surface area is 201 Å². The number of alkyl halides is 2. The summed E-state index contributed by atoms with van der Waals surface area (Å²) in [6.07, 6.45) is 3.24. The van der Waals surface area contributed by atoms with Crippen LogP contribution >= 0.6 is 0 Å². The SMILES string of the molecule is C[C@@H](NC(=O)c1cc(N2CCC2)c(F)cc1N[C@@H]1C[N+]2=CCC1CC2)C1=C(F)C(C(F)F)=C=C=C1. The van der Waals surface area contributed by atoms with Gasteiger partial charge >= 0.3 is 0 Å². The lowest BCUT2D eigenvalue weighted by Crippen LogP contribution is -2.48. The van der Waals surface area contributed by atoms with Gasteiger partial charge < -0.3 is 15.5 Å². The lowest BCUT2D eigenvalue weighted by molar-refractivity contribution is -0.546. The highest BCUT2D eigenvalue weighted by Crippen LogP contribution is 2.33. The number of amides is 1. The molecule has 1 aromatic rings. The van der Waals surface area contributed by atoms with Crippen molar-refractivity contribution in [2.45, 2.75) is 44.7 Å². The molecule has 9 heteroatoms. The number of fused-ring (bicyclic) bond motifs is 3. The van der Waals surface area contributed by atoms with Gasteiger partial charge in [-0.2, -0.15) is 0 Å². The molecule has 5 aliphatic rings. The Balaban J connectivity index is 1.42. The monoisotopic (exact) mass is 487 g/mol. The second-order valence-corrected chi connectivity index (χ2v) is 9.50. The van der Waals surface area contributed by atoms with Crippen LogP contribution in [0.15, 0.2) is 46.6 Å². The molecule has 0 aromatic heterocycles. The number of piperidine rings is 1. The van der Waals surface area contributed by atoms with Gasteiger partial charge in [0, 0.05) is 37.4 Å². The summed E-state index contributed by atoms with van der Waals surface area (Å²) in [4.78, 5) is 15.2. The molecule has 2 saturated heterocycles. The van der Waals surface area contributed by atoms with Crippen molar-refractivity contribution in [3.8, 4) is 0 Å². The van der Waals surface area contributed by atoms with Crippen molar-refractivity contribution in [1.29, 1.82) is 0 Å². The molecule has 4 aliphatic heterocycles. The molecule has 2 bridgehead atoms. The molecular weight excluding hydrogens is 460 g/mol. The number of hydrogen-bond donors (Lipinski definition) is 2. The number of nitrogens with one attached hydrogen (secondary N) is 2. The Hall–Kier alpha value is -3.28. The van der Waals surface area contributed by atoms with Gasteiger partial charge in [0.05, 0.1) is 29.0 Å². The zero-order valence-electron chi connectivity index (χ0n) is 19.4. The smallest absolute Gasteiger partial charge is 0.274 e. The first kappa shape index (κ1) is 23.5. The van der Waals surface area contributed by atoms with E-state index in [4.69, 9.17) is 0 Å². The molecule has 3 atom stereocenters. The van der Waals surface area contributed by atoms with E-state index in [-0.39, 0.29) is 17.2 Å². The zero-order valence-corrected chi connectivity index (χ0v) is 19.4. The molecule has 1 unspecified atom stereocenters. The molecular formula is C26H27F4N4O+. The second kappa shape index (κ2) is 9.40. The molecule has 5 nitrogen and oxygen atoms in total. The maximum absolute atomic E-state index is 15.0. The Bertz CT molecular complexity index is 1220. The molecule has 1 aromatic carbocycles. The Morgan fingerprint density at radius 2 is 2.06 bits per heavy atom. The number of nitrogens with zero attached hydrogens (tertiary/aromatic N) is 2. The fourth-order valence-corrected chi connectivity index (χ4v) is 5.07. The summed E-state index contributed by atoms with van der Waals surface area (Å²) in [5.74, 6) is -1.68. The first-order valence-corrected chi connectivity index (χ1v) is 11.9. The molecule has 4 heterocycles. The average molecular weight is 488 g/mol. The number of rotatable bonds is 7. The third-order valence-corrected chi connectivity index (χ3v) is 7.28. The van der Waals surface area contributed by atoms with Gasteiger partial charge in [-0.1, -0.05) is 11.5 Å². The molecule has 1 amide bonds. The van der Waals surface area contributed by atoms with Crippen molar-refractivity contribution < 1.29 is 26.9 Å². The summed E-state index contributed by atoms with van der Waals surface area (Å²) < 4.78 is 58.1. The lowest BCUT2D eigenvalue weighted by atomic mass is 9.86. The summed E-state index contributed by atoms with van der Waals surface area (Å²) in [6.45, 7) is 4.68. The normalized spacial score (nSPS) is 23.8. The van der Waals surface area contributed by atoms with Gasteiger partial charge in [-0.25, -0.2) is 22.1 Å². The van der Waals surface area contributed by atoms with Gasteiger partial charge in [-0.05, 0) is 31.6 Å². The summed E-state index contributed by atoms with van der Waals surface area (Å²) >= 11 is 0. The van der Waals surface area contributed by atoms with E-state index in [1.165, 1.54) is 25.1 Å². The van der Waals surface area contributed by atoms with Gasteiger partial charge in [0.15, 0.2) is 6.54 Å². The molecule has 0 spiro atoms. The van der Waals surface area contributed by atoms with Gasteiger partial charge in [0.25, 0.3) is 12.3 Å². The summed E-state index contributed by atoms with van der Waals surface area (Å²) in [7, 11) is 0. The predicted molar refractivity (Wildman–Crippen MR) is 126 cm³/mol. The van der Waals surface area contributed by atoms with Crippen LogP contribution < -0.4 is 15.5 Å². The molecule has 1 aliphatic carbocycles. The van der Waals surface area contributed by atoms with Gasteiger partial charge in [-0.3, -0.25) is 4.79 Å². The van der Waals surface area contributed by atoms with Gasteiger partial charge in [-0.15, -0.1) is 0 Å². The van der Waals surface area contributed by atoms with Gasteiger partial charge in [0.1, 0.15) is 30.0 Å². The molecule has 6 rings (SSSR count). The second-order valence-electron chi connectivity index (χ2n) is 9.50. The van der Waals surface area contributed by atoms with Gasteiger partial charge in [0.2, 0.25) is 0 Å². The summed E-state index contributed by atoms with van der Waals surface area (Å²) in [5, 5.41) is 6.09. The summed E-state index contributed by atoms with van der Waals surface area (Å²) in [5.41, 5.74) is 4.46. The van der Waals surface area contributed by atoms with Crippen LogP contribution in [0.4, 0.5) is 28.9 Å². The highest BCUT2D eigenvalue weighted by molar-refractivity contribution is 6.01. The largest absolute Gasteiger partial charge is 0.375 e. The Morgan fingerprint density at radius 3 is 2.66 bits per heavy atom. The maximum Gasteiger partial charge on any atom is 0.274 e. The number of carbonyl (C=O) groups is 1. The highest BCUT2D eigenvalue weighted by Gasteiger charge is 2.37. The highest BCUT2D eigenvalue weighted by atomic mass is 19.3. The zero-order chi connectivity index (χ0) is 24.7. The number of allylic oxidation sites excluding steroid dienone is 2. The number of anilines is 2. The lowest BCUT2D eigenvalue weighted by Gasteiger charge is -2.36. The fraction of sp³-hybridized carbons (Fsp3) is 0.462.